The largest absolute Gasteiger partial charge is 0.496 e. The number of aromatic nitrogens is 1. The summed E-state index contributed by atoms with van der Waals surface area (Å²) in [5.74, 6) is -0.635. The molecule has 6 heteroatoms. The highest BCUT2D eigenvalue weighted by atomic mass is 32.1. The molecule has 0 saturated heterocycles. The SMILES string of the molecule is COc1csc(C(=O)c2cc(C(=O)O)n(C)c2)c1. The van der Waals surface area contributed by atoms with E-state index in [1.807, 2.05) is 0 Å². The third-order valence-electron chi connectivity index (χ3n) is 2.52. The molecule has 0 unspecified atom stereocenters. The minimum absolute atomic E-state index is 0.0851. The second-order valence-corrected chi connectivity index (χ2v) is 4.62. The lowest BCUT2D eigenvalue weighted by molar-refractivity contribution is 0.0686. The van der Waals surface area contributed by atoms with E-state index in [-0.39, 0.29) is 11.5 Å². The number of aryl methyl sites for hydroxylation is 1. The highest BCUT2D eigenvalue weighted by Crippen LogP contribution is 2.24. The van der Waals surface area contributed by atoms with Gasteiger partial charge >= 0.3 is 5.97 Å². The maximum absolute atomic E-state index is 12.1. The van der Waals surface area contributed by atoms with Crippen LogP contribution in [0.3, 0.4) is 0 Å². The molecule has 2 aromatic heterocycles. The highest BCUT2D eigenvalue weighted by molar-refractivity contribution is 7.12. The summed E-state index contributed by atoms with van der Waals surface area (Å²) in [5.41, 5.74) is 0.446. The van der Waals surface area contributed by atoms with Crippen molar-refractivity contribution < 1.29 is 19.4 Å². The molecule has 0 aliphatic rings. The summed E-state index contributed by atoms with van der Waals surface area (Å²) in [6.45, 7) is 0. The van der Waals surface area contributed by atoms with Crippen LogP contribution in [0.25, 0.3) is 0 Å². The molecule has 0 bridgehead atoms. The van der Waals surface area contributed by atoms with Crippen LogP contribution in [0, 0.1) is 0 Å². The standard InChI is InChI=1S/C12H11NO4S/c1-13-5-7(3-9(13)12(15)16)11(14)10-4-8(17-2)6-18-10/h3-6H,1-2H3,(H,15,16). The van der Waals surface area contributed by atoms with E-state index in [2.05, 4.69) is 0 Å². The third-order valence-corrected chi connectivity index (χ3v) is 3.43. The second kappa shape index (κ2) is 4.66. The van der Waals surface area contributed by atoms with Gasteiger partial charge in [-0.25, -0.2) is 4.79 Å². The van der Waals surface area contributed by atoms with E-state index < -0.39 is 5.97 Å². The van der Waals surface area contributed by atoms with E-state index in [4.69, 9.17) is 9.84 Å². The van der Waals surface area contributed by atoms with E-state index in [1.54, 1.807) is 18.5 Å². The molecule has 0 atom stereocenters. The topological polar surface area (TPSA) is 68.5 Å². The van der Waals surface area contributed by atoms with Gasteiger partial charge in [0.2, 0.25) is 5.78 Å². The smallest absolute Gasteiger partial charge is 0.352 e. The van der Waals surface area contributed by atoms with Gasteiger partial charge in [0, 0.05) is 30.3 Å². The molecule has 0 fully saturated rings. The Kier molecular flexibility index (Phi) is 3.20. The molecule has 0 aliphatic carbocycles. The summed E-state index contributed by atoms with van der Waals surface area (Å²) < 4.78 is 6.42. The number of ether oxygens (including phenoxy) is 1. The van der Waals surface area contributed by atoms with Crippen LogP contribution in [0.4, 0.5) is 0 Å². The van der Waals surface area contributed by atoms with E-state index in [9.17, 15) is 9.59 Å². The first-order valence-corrected chi connectivity index (χ1v) is 5.97. The first-order chi connectivity index (χ1) is 8.52. The zero-order chi connectivity index (χ0) is 13.3. The number of carbonyl (C=O) groups is 2. The maximum atomic E-state index is 12.1. The normalized spacial score (nSPS) is 10.3. The molecule has 18 heavy (non-hydrogen) atoms. The first kappa shape index (κ1) is 12.4. The molecule has 0 amide bonds. The van der Waals surface area contributed by atoms with Crippen LogP contribution in [0.15, 0.2) is 23.7 Å². The number of hydrogen-bond acceptors (Lipinski definition) is 4. The van der Waals surface area contributed by atoms with Crippen molar-refractivity contribution in [2.24, 2.45) is 7.05 Å². The molecule has 5 nitrogen and oxygen atoms in total. The van der Waals surface area contributed by atoms with Crippen LogP contribution >= 0.6 is 11.3 Å². The molecule has 0 aliphatic heterocycles. The lowest BCUT2D eigenvalue weighted by Crippen LogP contribution is -2.02. The number of aromatic carboxylic acids is 1. The number of hydrogen-bond donors (Lipinski definition) is 1. The van der Waals surface area contributed by atoms with Crippen LogP contribution < -0.4 is 4.74 Å². The van der Waals surface area contributed by atoms with Gasteiger partial charge in [-0.1, -0.05) is 0 Å². The molecular formula is C12H11NO4S. The van der Waals surface area contributed by atoms with Gasteiger partial charge in [-0.3, -0.25) is 4.79 Å². The number of methoxy groups -OCH3 is 1. The van der Waals surface area contributed by atoms with Crippen molar-refractivity contribution in [3.05, 3.63) is 39.8 Å². The summed E-state index contributed by atoms with van der Waals surface area (Å²) in [6, 6.07) is 3.01. The van der Waals surface area contributed by atoms with Crippen molar-refractivity contribution in [3.8, 4) is 5.75 Å². The number of thiophene rings is 1. The molecular weight excluding hydrogens is 254 g/mol. The second-order valence-electron chi connectivity index (χ2n) is 3.71. The van der Waals surface area contributed by atoms with Crippen LogP contribution in [0.1, 0.15) is 25.7 Å². The predicted octanol–water partition coefficient (Wildman–Crippen LogP) is 2.02. The average Bonchev–Trinajstić information content (AvgIpc) is 2.94. The summed E-state index contributed by atoms with van der Waals surface area (Å²) in [6.07, 6.45) is 1.51. The average molecular weight is 265 g/mol. The van der Waals surface area contributed by atoms with E-state index >= 15 is 0 Å². The minimum atomic E-state index is -1.06. The Bertz CT molecular complexity index is 611. The molecule has 1 N–H and O–H groups in total. The Morgan fingerprint density at radius 1 is 1.39 bits per heavy atom. The lowest BCUT2D eigenvalue weighted by atomic mass is 10.2. The Balaban J connectivity index is 2.34. The lowest BCUT2D eigenvalue weighted by Gasteiger charge is -1.93. The number of carboxylic acid groups (broad SMARTS) is 1. The number of carbonyl (C=O) groups excluding carboxylic acids is 1. The van der Waals surface area contributed by atoms with Crippen LogP contribution in [-0.2, 0) is 7.05 Å². The molecule has 0 spiro atoms. The fourth-order valence-corrected chi connectivity index (χ4v) is 2.40. The van der Waals surface area contributed by atoms with E-state index in [0.29, 0.717) is 16.2 Å². The van der Waals surface area contributed by atoms with Crippen molar-refractivity contribution in [2.45, 2.75) is 0 Å². The fourth-order valence-electron chi connectivity index (χ4n) is 1.59. The molecule has 2 rings (SSSR count). The van der Waals surface area contributed by atoms with Crippen LogP contribution in [0.2, 0.25) is 0 Å². The van der Waals surface area contributed by atoms with Crippen molar-refractivity contribution in [2.75, 3.05) is 7.11 Å². The van der Waals surface area contributed by atoms with Gasteiger partial charge in [-0.15, -0.1) is 11.3 Å². The number of nitrogens with zero attached hydrogens (tertiary/aromatic N) is 1. The maximum Gasteiger partial charge on any atom is 0.352 e. The Morgan fingerprint density at radius 2 is 2.11 bits per heavy atom. The Hall–Kier alpha value is -2.08. The molecule has 94 valence electrons. The van der Waals surface area contributed by atoms with Gasteiger partial charge in [0.05, 0.1) is 12.0 Å². The quantitative estimate of drug-likeness (QED) is 0.859. The molecule has 0 aromatic carbocycles. The molecule has 0 saturated carbocycles. The zero-order valence-corrected chi connectivity index (χ0v) is 10.7. The zero-order valence-electron chi connectivity index (χ0n) is 9.84. The summed E-state index contributed by atoms with van der Waals surface area (Å²) in [5, 5.41) is 10.7. The van der Waals surface area contributed by atoms with Crippen molar-refractivity contribution in [1.82, 2.24) is 4.57 Å². The van der Waals surface area contributed by atoms with Gasteiger partial charge < -0.3 is 14.4 Å². The van der Waals surface area contributed by atoms with Crippen molar-refractivity contribution in [3.63, 3.8) is 0 Å². The number of ketones is 1. The van der Waals surface area contributed by atoms with E-state index in [1.165, 1.54) is 35.3 Å². The van der Waals surface area contributed by atoms with Gasteiger partial charge in [-0.2, -0.15) is 0 Å². The first-order valence-electron chi connectivity index (χ1n) is 5.10. The predicted molar refractivity (Wildman–Crippen MR) is 66.7 cm³/mol. The summed E-state index contributed by atoms with van der Waals surface area (Å²) in [7, 11) is 3.12. The third kappa shape index (κ3) is 2.14. The Morgan fingerprint density at radius 3 is 2.61 bits per heavy atom. The van der Waals surface area contributed by atoms with Gasteiger partial charge in [-0.05, 0) is 6.07 Å². The van der Waals surface area contributed by atoms with Gasteiger partial charge in [0.1, 0.15) is 11.4 Å². The van der Waals surface area contributed by atoms with Gasteiger partial charge in [0.15, 0.2) is 0 Å². The van der Waals surface area contributed by atoms with Crippen LogP contribution in [-0.4, -0.2) is 28.5 Å². The van der Waals surface area contributed by atoms with Gasteiger partial charge in [0.25, 0.3) is 0 Å². The fraction of sp³-hybridized carbons (Fsp3) is 0.167. The number of carboxylic acids is 1. The van der Waals surface area contributed by atoms with Crippen molar-refractivity contribution >= 4 is 23.1 Å². The monoisotopic (exact) mass is 265 g/mol. The van der Waals surface area contributed by atoms with Crippen LogP contribution in [0.5, 0.6) is 5.75 Å². The summed E-state index contributed by atoms with van der Waals surface area (Å²) >= 11 is 1.27. The number of rotatable bonds is 4. The minimum Gasteiger partial charge on any atom is -0.496 e. The highest BCUT2D eigenvalue weighted by Gasteiger charge is 2.17. The van der Waals surface area contributed by atoms with Crippen molar-refractivity contribution in [1.29, 1.82) is 0 Å². The summed E-state index contributed by atoms with van der Waals surface area (Å²) in [4.78, 5) is 23.5. The van der Waals surface area contributed by atoms with E-state index in [0.717, 1.165) is 0 Å². The molecule has 2 aromatic rings. The molecule has 2 heterocycles. The Labute approximate surface area is 107 Å². The molecule has 0 radical (unpaired) electrons.